The van der Waals surface area contributed by atoms with Gasteiger partial charge in [0.05, 0.1) is 43.1 Å². The van der Waals surface area contributed by atoms with Gasteiger partial charge in [-0.1, -0.05) is 0 Å². The first-order valence-corrected chi connectivity index (χ1v) is 12.7. The Bertz CT molecular complexity index is 842. The number of carbonyl (C=O) groups is 2. The van der Waals surface area contributed by atoms with Crippen molar-refractivity contribution in [2.75, 3.05) is 44.9 Å². The van der Waals surface area contributed by atoms with Crippen molar-refractivity contribution in [3.05, 3.63) is 24.3 Å². The molecule has 2 N–H and O–H groups in total. The Kier molecular flexibility index (Phi) is 10.3. The van der Waals surface area contributed by atoms with E-state index in [-0.39, 0.29) is 35.8 Å². The van der Waals surface area contributed by atoms with Gasteiger partial charge < -0.3 is 29.5 Å². The van der Waals surface area contributed by atoms with Crippen molar-refractivity contribution in [1.29, 1.82) is 5.26 Å². The molecule has 0 bridgehead atoms. The molecule has 10 heteroatoms. The standard InChI is InChI=1S/C24H33N3O6S/c1-2-32-24(30)17(16-25)15-22-27(19-5-6-19)23(29)21(34-22)9-10-26-18-3-7-20(8-4-18)33-14-13-31-12-11-28/h3-4,7-8,17,19,21-22,26,28H,2,5-6,9-15H2,1H3. The second-order valence-corrected chi connectivity index (χ2v) is 9.54. The van der Waals surface area contributed by atoms with E-state index in [0.29, 0.717) is 39.2 Å². The van der Waals surface area contributed by atoms with E-state index in [1.807, 2.05) is 35.2 Å². The highest BCUT2D eigenvalue weighted by Crippen LogP contribution is 2.43. The van der Waals surface area contributed by atoms with Gasteiger partial charge in [-0.05, 0) is 50.5 Å². The van der Waals surface area contributed by atoms with Crippen molar-refractivity contribution in [3.63, 3.8) is 0 Å². The van der Waals surface area contributed by atoms with Gasteiger partial charge in [0, 0.05) is 24.7 Å². The number of hydrogen-bond acceptors (Lipinski definition) is 9. The molecule has 0 spiro atoms. The summed E-state index contributed by atoms with van der Waals surface area (Å²) >= 11 is 1.56. The summed E-state index contributed by atoms with van der Waals surface area (Å²) in [5.74, 6) is -0.530. The molecule has 1 aromatic rings. The molecule has 1 heterocycles. The van der Waals surface area contributed by atoms with E-state index in [1.54, 1.807) is 18.7 Å². The highest BCUT2D eigenvalue weighted by Gasteiger charge is 2.47. The van der Waals surface area contributed by atoms with E-state index in [0.717, 1.165) is 24.3 Å². The number of nitriles is 1. The number of nitrogens with zero attached hydrogens (tertiary/aromatic N) is 2. The zero-order chi connectivity index (χ0) is 24.3. The van der Waals surface area contributed by atoms with Gasteiger partial charge in [-0.25, -0.2) is 0 Å². The molecule has 2 fully saturated rings. The molecule has 9 nitrogen and oxygen atoms in total. The Balaban J connectivity index is 1.46. The molecule has 1 amide bonds. The molecule has 0 radical (unpaired) electrons. The lowest BCUT2D eigenvalue weighted by atomic mass is 10.1. The SMILES string of the molecule is CCOC(=O)C(C#N)CC1SC(CCNc2ccc(OCCOCCO)cc2)C(=O)N1C1CC1. The number of hydrogen-bond donors (Lipinski definition) is 2. The molecule has 1 aromatic carbocycles. The van der Waals surface area contributed by atoms with Gasteiger partial charge >= 0.3 is 5.97 Å². The van der Waals surface area contributed by atoms with Crippen LogP contribution in [0.25, 0.3) is 0 Å². The maximum Gasteiger partial charge on any atom is 0.323 e. The largest absolute Gasteiger partial charge is 0.491 e. The minimum Gasteiger partial charge on any atom is -0.491 e. The molecule has 2 aliphatic rings. The van der Waals surface area contributed by atoms with Crippen LogP contribution in [0.4, 0.5) is 5.69 Å². The second-order valence-electron chi connectivity index (χ2n) is 8.15. The number of thioether (sulfide) groups is 1. The van der Waals surface area contributed by atoms with Gasteiger partial charge in [0.15, 0.2) is 0 Å². The van der Waals surface area contributed by atoms with Gasteiger partial charge in [-0.2, -0.15) is 5.26 Å². The third-order valence-electron chi connectivity index (χ3n) is 5.59. The fraction of sp³-hybridized carbons (Fsp3) is 0.625. The Morgan fingerprint density at radius 3 is 2.71 bits per heavy atom. The summed E-state index contributed by atoms with van der Waals surface area (Å²) in [6.07, 6.45) is 2.91. The monoisotopic (exact) mass is 491 g/mol. The molecular formula is C24H33N3O6S. The van der Waals surface area contributed by atoms with E-state index in [2.05, 4.69) is 5.32 Å². The second kappa shape index (κ2) is 13.4. The predicted octanol–water partition coefficient (Wildman–Crippen LogP) is 2.40. The number of ether oxygens (including phenoxy) is 3. The minimum absolute atomic E-state index is 0.00141. The van der Waals surface area contributed by atoms with Crippen LogP contribution in [0, 0.1) is 17.2 Å². The maximum atomic E-state index is 13.1. The highest BCUT2D eigenvalue weighted by atomic mass is 32.2. The summed E-state index contributed by atoms with van der Waals surface area (Å²) in [6.45, 7) is 3.72. The zero-order valence-electron chi connectivity index (χ0n) is 19.5. The number of carbonyl (C=O) groups excluding carboxylic acids is 2. The molecule has 0 aromatic heterocycles. The number of amides is 1. The first-order chi connectivity index (χ1) is 16.6. The molecule has 34 heavy (non-hydrogen) atoms. The lowest BCUT2D eigenvalue weighted by Gasteiger charge is -2.24. The summed E-state index contributed by atoms with van der Waals surface area (Å²) in [5, 5.41) is 21.1. The summed E-state index contributed by atoms with van der Waals surface area (Å²) in [7, 11) is 0. The molecule has 1 saturated heterocycles. The Hall–Kier alpha value is -2.48. The van der Waals surface area contributed by atoms with E-state index in [9.17, 15) is 14.9 Å². The molecule has 1 saturated carbocycles. The van der Waals surface area contributed by atoms with Crippen LogP contribution < -0.4 is 10.1 Å². The van der Waals surface area contributed by atoms with Crippen molar-refractivity contribution in [1.82, 2.24) is 4.90 Å². The van der Waals surface area contributed by atoms with Crippen molar-refractivity contribution >= 4 is 29.3 Å². The Morgan fingerprint density at radius 2 is 2.06 bits per heavy atom. The number of benzene rings is 1. The molecule has 186 valence electrons. The molecule has 3 unspecified atom stereocenters. The van der Waals surface area contributed by atoms with Crippen LogP contribution in [-0.4, -0.2) is 78.1 Å². The molecule has 3 atom stereocenters. The predicted molar refractivity (Wildman–Crippen MR) is 128 cm³/mol. The van der Waals surface area contributed by atoms with Gasteiger partial charge in [0.1, 0.15) is 18.3 Å². The Labute approximate surface area is 204 Å². The van der Waals surface area contributed by atoms with Crippen LogP contribution >= 0.6 is 11.8 Å². The lowest BCUT2D eigenvalue weighted by Crippen LogP contribution is -2.38. The summed E-state index contributed by atoms with van der Waals surface area (Å²) in [6, 6.07) is 9.85. The smallest absolute Gasteiger partial charge is 0.323 e. The van der Waals surface area contributed by atoms with Crippen molar-refractivity contribution in [3.8, 4) is 11.8 Å². The van der Waals surface area contributed by atoms with E-state index in [1.165, 1.54) is 0 Å². The average molecular weight is 492 g/mol. The van der Waals surface area contributed by atoms with Gasteiger partial charge in [0.25, 0.3) is 0 Å². The minimum atomic E-state index is -0.856. The third-order valence-corrected chi connectivity index (χ3v) is 7.09. The van der Waals surface area contributed by atoms with Gasteiger partial charge in [-0.3, -0.25) is 9.59 Å². The zero-order valence-corrected chi connectivity index (χ0v) is 20.3. The number of esters is 1. The summed E-state index contributed by atoms with van der Waals surface area (Å²) < 4.78 is 15.8. The van der Waals surface area contributed by atoms with Crippen LogP contribution in [0.3, 0.4) is 0 Å². The van der Waals surface area contributed by atoms with Crippen LogP contribution in [0.2, 0.25) is 0 Å². The van der Waals surface area contributed by atoms with Crippen LogP contribution in [0.1, 0.15) is 32.6 Å². The maximum absolute atomic E-state index is 13.1. The van der Waals surface area contributed by atoms with E-state index in [4.69, 9.17) is 19.3 Å². The lowest BCUT2D eigenvalue weighted by molar-refractivity contribution is -0.146. The van der Waals surface area contributed by atoms with Crippen LogP contribution in [0.15, 0.2) is 24.3 Å². The van der Waals surface area contributed by atoms with Gasteiger partial charge in [-0.15, -0.1) is 11.8 Å². The normalized spacial score (nSPS) is 20.6. The van der Waals surface area contributed by atoms with E-state index < -0.39 is 11.9 Å². The topological polar surface area (TPSA) is 121 Å². The summed E-state index contributed by atoms with van der Waals surface area (Å²) in [4.78, 5) is 27.0. The number of anilines is 1. The number of nitrogens with one attached hydrogen (secondary N) is 1. The first-order valence-electron chi connectivity index (χ1n) is 11.8. The fourth-order valence-corrected chi connectivity index (χ4v) is 5.38. The first kappa shape index (κ1) is 26.1. The summed E-state index contributed by atoms with van der Waals surface area (Å²) in [5.41, 5.74) is 0.932. The molecule has 3 rings (SSSR count). The molecular weight excluding hydrogens is 458 g/mol. The van der Waals surface area contributed by atoms with E-state index >= 15 is 0 Å². The number of aliphatic hydroxyl groups excluding tert-OH is 1. The number of aliphatic hydroxyl groups is 1. The highest BCUT2D eigenvalue weighted by molar-refractivity contribution is 8.01. The third kappa shape index (κ3) is 7.52. The van der Waals surface area contributed by atoms with Crippen molar-refractivity contribution in [2.45, 2.75) is 49.3 Å². The number of rotatable bonds is 15. The molecule has 1 aliphatic heterocycles. The quantitative estimate of drug-likeness (QED) is 0.281. The van der Waals surface area contributed by atoms with Crippen molar-refractivity contribution < 1.29 is 28.9 Å². The molecule has 1 aliphatic carbocycles. The Morgan fingerprint density at radius 1 is 1.29 bits per heavy atom. The van der Waals surface area contributed by atoms with Crippen LogP contribution in [-0.2, 0) is 19.1 Å². The van der Waals surface area contributed by atoms with Crippen molar-refractivity contribution in [2.24, 2.45) is 5.92 Å². The van der Waals surface area contributed by atoms with Crippen LogP contribution in [0.5, 0.6) is 5.75 Å². The fourth-order valence-electron chi connectivity index (χ4n) is 3.80. The average Bonchev–Trinajstić information content (AvgIpc) is 3.62. The van der Waals surface area contributed by atoms with Gasteiger partial charge in [0.2, 0.25) is 5.91 Å².